The summed E-state index contributed by atoms with van der Waals surface area (Å²) in [5.74, 6) is 0. The minimum absolute atomic E-state index is 0.0914. The Balaban J connectivity index is 3.03. The zero-order chi connectivity index (χ0) is 7.56. The highest BCUT2D eigenvalue weighted by Crippen LogP contribution is 2.10. The minimum atomic E-state index is 0.0914. The molecule has 2 nitrogen and oxygen atoms in total. The molecule has 0 radical (unpaired) electrons. The molecule has 0 aliphatic heterocycles. The van der Waals surface area contributed by atoms with E-state index in [1.54, 1.807) is 6.20 Å². The number of nitrogens with two attached hydrogens (primary N) is 1. The Morgan fingerprint density at radius 3 is 2.70 bits per heavy atom. The average Bonchev–Trinajstić information content (AvgIpc) is 1.88. The lowest BCUT2D eigenvalue weighted by molar-refractivity contribution is 0.799. The number of rotatable bonds is 1. The number of pyridine rings is 1. The molecule has 1 atom stereocenters. The number of hydrogen-bond donors (Lipinski definition) is 1. The van der Waals surface area contributed by atoms with Crippen LogP contribution in [0.1, 0.15) is 24.2 Å². The monoisotopic (exact) mass is 136 g/mol. The molecule has 0 bridgehead atoms. The van der Waals surface area contributed by atoms with E-state index in [2.05, 4.69) is 4.98 Å². The fourth-order valence-electron chi connectivity index (χ4n) is 0.978. The van der Waals surface area contributed by atoms with Crippen LogP contribution in [0.3, 0.4) is 0 Å². The minimum Gasteiger partial charge on any atom is -0.324 e. The first-order valence-corrected chi connectivity index (χ1v) is 3.39. The van der Waals surface area contributed by atoms with E-state index in [0.29, 0.717) is 0 Å². The molecule has 1 aromatic heterocycles. The van der Waals surface area contributed by atoms with E-state index >= 15 is 0 Å². The van der Waals surface area contributed by atoms with Crippen molar-refractivity contribution < 1.29 is 0 Å². The molecule has 1 rings (SSSR count). The third-order valence-electron chi connectivity index (χ3n) is 1.54. The van der Waals surface area contributed by atoms with Gasteiger partial charge in [0.25, 0.3) is 0 Å². The highest BCUT2D eigenvalue weighted by Gasteiger charge is 2.01. The maximum atomic E-state index is 5.67. The van der Waals surface area contributed by atoms with Gasteiger partial charge < -0.3 is 5.73 Å². The molecule has 2 heteroatoms. The summed E-state index contributed by atoms with van der Waals surface area (Å²) in [4.78, 5) is 4.12. The van der Waals surface area contributed by atoms with Crippen LogP contribution in [-0.4, -0.2) is 4.98 Å². The number of hydrogen-bond acceptors (Lipinski definition) is 2. The Bertz CT molecular complexity index is 218. The van der Waals surface area contributed by atoms with Gasteiger partial charge >= 0.3 is 0 Å². The van der Waals surface area contributed by atoms with Crippen LogP contribution in [0.4, 0.5) is 0 Å². The zero-order valence-electron chi connectivity index (χ0n) is 6.33. The first-order chi connectivity index (χ1) is 4.72. The fourth-order valence-corrected chi connectivity index (χ4v) is 0.978. The summed E-state index contributed by atoms with van der Waals surface area (Å²) in [6, 6.07) is 4.01. The van der Waals surface area contributed by atoms with Gasteiger partial charge in [0, 0.05) is 17.9 Å². The highest BCUT2D eigenvalue weighted by molar-refractivity contribution is 5.20. The Labute approximate surface area is 61.1 Å². The molecular formula is C8H12N2. The summed E-state index contributed by atoms with van der Waals surface area (Å²) in [6.07, 6.45) is 1.78. The van der Waals surface area contributed by atoms with Crippen LogP contribution >= 0.6 is 0 Å². The lowest BCUT2D eigenvalue weighted by Gasteiger charge is -2.06. The maximum absolute atomic E-state index is 5.67. The maximum Gasteiger partial charge on any atom is 0.0420 e. The van der Waals surface area contributed by atoms with Crippen molar-refractivity contribution in [2.24, 2.45) is 5.73 Å². The smallest absolute Gasteiger partial charge is 0.0420 e. The van der Waals surface area contributed by atoms with Crippen LogP contribution < -0.4 is 5.73 Å². The van der Waals surface area contributed by atoms with E-state index < -0.39 is 0 Å². The van der Waals surface area contributed by atoms with E-state index in [1.165, 1.54) is 0 Å². The van der Waals surface area contributed by atoms with Gasteiger partial charge in [-0.05, 0) is 25.5 Å². The SMILES string of the molecule is Cc1ncccc1[C@@H](C)N. The number of aryl methyl sites for hydroxylation is 1. The second-order valence-electron chi connectivity index (χ2n) is 2.47. The predicted octanol–water partition coefficient (Wildman–Crippen LogP) is 1.41. The normalized spacial score (nSPS) is 13.1. The quantitative estimate of drug-likeness (QED) is 0.634. The van der Waals surface area contributed by atoms with E-state index in [0.717, 1.165) is 11.3 Å². The van der Waals surface area contributed by atoms with Gasteiger partial charge in [0.05, 0.1) is 0 Å². The van der Waals surface area contributed by atoms with Crippen LogP contribution in [0.15, 0.2) is 18.3 Å². The van der Waals surface area contributed by atoms with Crippen LogP contribution in [0.2, 0.25) is 0 Å². The van der Waals surface area contributed by atoms with Crippen molar-refractivity contribution in [3.8, 4) is 0 Å². The number of nitrogens with zero attached hydrogens (tertiary/aromatic N) is 1. The molecule has 0 unspecified atom stereocenters. The second kappa shape index (κ2) is 2.80. The van der Waals surface area contributed by atoms with Crippen molar-refractivity contribution in [3.05, 3.63) is 29.6 Å². The standard InChI is InChI=1S/C8H12N2/c1-6(9)8-4-3-5-10-7(8)2/h3-6H,9H2,1-2H3/t6-/m1/s1. The fraction of sp³-hybridized carbons (Fsp3) is 0.375. The molecule has 0 fully saturated rings. The van der Waals surface area contributed by atoms with Crippen molar-refractivity contribution in [2.75, 3.05) is 0 Å². The second-order valence-corrected chi connectivity index (χ2v) is 2.47. The van der Waals surface area contributed by atoms with Crippen molar-refractivity contribution in [1.82, 2.24) is 4.98 Å². The first-order valence-electron chi connectivity index (χ1n) is 3.39. The van der Waals surface area contributed by atoms with E-state index in [4.69, 9.17) is 5.73 Å². The topological polar surface area (TPSA) is 38.9 Å². The van der Waals surface area contributed by atoms with Gasteiger partial charge in [-0.3, -0.25) is 4.98 Å². The Hall–Kier alpha value is -0.890. The average molecular weight is 136 g/mol. The molecule has 0 aliphatic carbocycles. The third-order valence-corrected chi connectivity index (χ3v) is 1.54. The van der Waals surface area contributed by atoms with Crippen molar-refractivity contribution >= 4 is 0 Å². The van der Waals surface area contributed by atoms with E-state index in [1.807, 2.05) is 26.0 Å². The molecular weight excluding hydrogens is 124 g/mol. The third kappa shape index (κ3) is 1.33. The summed E-state index contributed by atoms with van der Waals surface area (Å²) < 4.78 is 0. The molecule has 0 aromatic carbocycles. The molecule has 0 saturated heterocycles. The Morgan fingerprint density at radius 1 is 1.60 bits per heavy atom. The molecule has 0 saturated carbocycles. The summed E-state index contributed by atoms with van der Waals surface area (Å²) in [5.41, 5.74) is 7.83. The lowest BCUT2D eigenvalue weighted by atomic mass is 10.1. The summed E-state index contributed by atoms with van der Waals surface area (Å²) in [5, 5.41) is 0. The summed E-state index contributed by atoms with van der Waals surface area (Å²) in [7, 11) is 0. The van der Waals surface area contributed by atoms with Gasteiger partial charge in [-0.25, -0.2) is 0 Å². The van der Waals surface area contributed by atoms with Gasteiger partial charge in [-0.2, -0.15) is 0 Å². The van der Waals surface area contributed by atoms with Gasteiger partial charge in [0.1, 0.15) is 0 Å². The van der Waals surface area contributed by atoms with Crippen LogP contribution in [0, 0.1) is 6.92 Å². The van der Waals surface area contributed by atoms with Gasteiger partial charge in [0.2, 0.25) is 0 Å². The molecule has 2 N–H and O–H groups in total. The van der Waals surface area contributed by atoms with Gasteiger partial charge in [-0.15, -0.1) is 0 Å². The van der Waals surface area contributed by atoms with Gasteiger partial charge in [0.15, 0.2) is 0 Å². The molecule has 1 aromatic rings. The highest BCUT2D eigenvalue weighted by atomic mass is 14.7. The predicted molar refractivity (Wildman–Crippen MR) is 41.6 cm³/mol. The molecule has 0 spiro atoms. The van der Waals surface area contributed by atoms with E-state index in [9.17, 15) is 0 Å². The Morgan fingerprint density at radius 2 is 2.30 bits per heavy atom. The molecule has 54 valence electrons. The molecule has 0 aliphatic rings. The largest absolute Gasteiger partial charge is 0.324 e. The number of aromatic nitrogens is 1. The zero-order valence-corrected chi connectivity index (χ0v) is 6.33. The van der Waals surface area contributed by atoms with Crippen molar-refractivity contribution in [3.63, 3.8) is 0 Å². The lowest BCUT2D eigenvalue weighted by Crippen LogP contribution is -2.07. The molecule has 10 heavy (non-hydrogen) atoms. The Kier molecular flexibility index (Phi) is 2.02. The van der Waals surface area contributed by atoms with Crippen LogP contribution in [0.5, 0.6) is 0 Å². The van der Waals surface area contributed by atoms with Gasteiger partial charge in [-0.1, -0.05) is 6.07 Å². The van der Waals surface area contributed by atoms with Crippen LogP contribution in [0.25, 0.3) is 0 Å². The van der Waals surface area contributed by atoms with Crippen molar-refractivity contribution in [2.45, 2.75) is 19.9 Å². The van der Waals surface area contributed by atoms with E-state index in [-0.39, 0.29) is 6.04 Å². The summed E-state index contributed by atoms with van der Waals surface area (Å²) in [6.45, 7) is 3.93. The first kappa shape index (κ1) is 7.22. The molecule has 0 amide bonds. The molecule has 1 heterocycles. The summed E-state index contributed by atoms with van der Waals surface area (Å²) >= 11 is 0. The van der Waals surface area contributed by atoms with Crippen molar-refractivity contribution in [1.29, 1.82) is 0 Å². The van der Waals surface area contributed by atoms with Crippen LogP contribution in [-0.2, 0) is 0 Å².